The van der Waals surface area contributed by atoms with Crippen molar-refractivity contribution in [2.45, 2.75) is 6.92 Å². The zero-order valence-electron chi connectivity index (χ0n) is 10.2. The van der Waals surface area contributed by atoms with Crippen molar-refractivity contribution < 1.29 is 9.90 Å². The van der Waals surface area contributed by atoms with E-state index in [9.17, 15) is 14.4 Å². The number of anilines is 2. The third kappa shape index (κ3) is 1.98. The van der Waals surface area contributed by atoms with Crippen LogP contribution in [0.2, 0.25) is 0 Å². The van der Waals surface area contributed by atoms with Gasteiger partial charge in [0.05, 0.1) is 0 Å². The summed E-state index contributed by atoms with van der Waals surface area (Å²) in [5, 5.41) is 8.83. The van der Waals surface area contributed by atoms with Crippen molar-refractivity contribution in [2.75, 3.05) is 11.5 Å². The number of carboxylic acids is 1. The lowest BCUT2D eigenvalue weighted by molar-refractivity contribution is 0.0691. The van der Waals surface area contributed by atoms with Gasteiger partial charge in [-0.05, 0) is 6.92 Å². The number of aromatic carboxylic acids is 1. The average Bonchev–Trinajstić information content (AvgIpc) is 2.37. The third-order valence-corrected chi connectivity index (χ3v) is 2.50. The molecule has 0 amide bonds. The summed E-state index contributed by atoms with van der Waals surface area (Å²) >= 11 is 0. The van der Waals surface area contributed by atoms with Crippen LogP contribution in [0.1, 0.15) is 16.1 Å². The lowest BCUT2D eigenvalue weighted by Crippen LogP contribution is -2.36. The van der Waals surface area contributed by atoms with Crippen LogP contribution in [0.4, 0.5) is 11.6 Å². The fourth-order valence-corrected chi connectivity index (χ4v) is 1.53. The quantitative estimate of drug-likeness (QED) is 0.513. The van der Waals surface area contributed by atoms with Crippen molar-refractivity contribution in [1.29, 1.82) is 0 Å². The zero-order chi connectivity index (χ0) is 15.0. The zero-order valence-corrected chi connectivity index (χ0v) is 10.2. The first-order valence-corrected chi connectivity index (χ1v) is 5.31. The molecule has 10 heteroatoms. The number of nitrogens with zero attached hydrogens (tertiary/aromatic N) is 3. The van der Waals surface area contributed by atoms with Crippen molar-refractivity contribution in [1.82, 2.24) is 19.5 Å². The summed E-state index contributed by atoms with van der Waals surface area (Å²) in [6.45, 7) is 1.48. The van der Waals surface area contributed by atoms with Gasteiger partial charge < -0.3 is 21.6 Å². The predicted octanol–water partition coefficient (Wildman–Crippen LogP) is -1.51. The van der Waals surface area contributed by atoms with Crippen molar-refractivity contribution >= 4 is 17.6 Å². The molecule has 20 heavy (non-hydrogen) atoms. The van der Waals surface area contributed by atoms with Gasteiger partial charge in [-0.1, -0.05) is 0 Å². The Hall–Kier alpha value is -3.17. The molecule has 0 radical (unpaired) electrons. The Kier molecular flexibility index (Phi) is 2.98. The van der Waals surface area contributed by atoms with Gasteiger partial charge in [0.25, 0.3) is 5.56 Å². The van der Waals surface area contributed by atoms with Crippen molar-refractivity contribution in [3.05, 3.63) is 38.3 Å². The number of rotatable bonds is 2. The Bertz CT molecular complexity index is 821. The Labute approximate surface area is 110 Å². The normalized spacial score (nSPS) is 10.4. The van der Waals surface area contributed by atoms with Gasteiger partial charge in [0.2, 0.25) is 0 Å². The fraction of sp³-hybridized carbons (Fsp3) is 0.100. The molecule has 6 N–H and O–H groups in total. The van der Waals surface area contributed by atoms with Gasteiger partial charge in [-0.15, -0.1) is 0 Å². The number of nitrogens with one attached hydrogen (secondary N) is 1. The lowest BCUT2D eigenvalue weighted by atomic mass is 10.3. The van der Waals surface area contributed by atoms with Crippen LogP contribution in [0.25, 0.3) is 5.82 Å². The van der Waals surface area contributed by atoms with Gasteiger partial charge in [0.15, 0.2) is 23.1 Å². The molecular weight excluding hydrogens is 268 g/mol. The van der Waals surface area contributed by atoms with Crippen LogP contribution in [0.15, 0.2) is 15.8 Å². The topological polar surface area (TPSA) is 170 Å². The van der Waals surface area contributed by atoms with E-state index in [0.29, 0.717) is 4.57 Å². The molecule has 10 nitrogen and oxygen atoms in total. The summed E-state index contributed by atoms with van der Waals surface area (Å²) in [6.07, 6.45) is 1.24. The Morgan fingerprint density at radius 3 is 2.55 bits per heavy atom. The van der Waals surface area contributed by atoms with Gasteiger partial charge in [-0.25, -0.2) is 24.1 Å². The number of H-pyrrole nitrogens is 1. The van der Waals surface area contributed by atoms with E-state index < -0.39 is 34.5 Å². The first kappa shape index (κ1) is 13.3. The van der Waals surface area contributed by atoms with E-state index in [2.05, 4.69) is 15.0 Å². The molecular formula is C10H10N6O4. The van der Waals surface area contributed by atoms with Crippen molar-refractivity contribution in [3.63, 3.8) is 0 Å². The van der Waals surface area contributed by atoms with Crippen LogP contribution in [-0.4, -0.2) is 30.6 Å². The van der Waals surface area contributed by atoms with Crippen LogP contribution >= 0.6 is 0 Å². The summed E-state index contributed by atoms with van der Waals surface area (Å²) in [7, 11) is 0. The number of nitrogen functional groups attached to an aromatic ring is 2. The molecule has 0 bridgehead atoms. The van der Waals surface area contributed by atoms with E-state index in [0.717, 1.165) is 0 Å². The molecule has 0 aliphatic heterocycles. The number of hydrogen-bond donors (Lipinski definition) is 4. The van der Waals surface area contributed by atoms with Crippen LogP contribution in [0.3, 0.4) is 0 Å². The minimum Gasteiger partial charge on any atom is -0.476 e. The molecule has 0 aromatic carbocycles. The molecule has 0 fully saturated rings. The maximum atomic E-state index is 11.9. The highest BCUT2D eigenvalue weighted by molar-refractivity contribution is 5.91. The van der Waals surface area contributed by atoms with Crippen molar-refractivity contribution in [3.8, 4) is 5.82 Å². The van der Waals surface area contributed by atoms with E-state index in [1.54, 1.807) is 0 Å². The average molecular weight is 278 g/mol. The smallest absolute Gasteiger partial charge is 0.358 e. The molecule has 2 aromatic heterocycles. The number of aryl methyl sites for hydroxylation is 1. The Morgan fingerprint density at radius 1 is 1.30 bits per heavy atom. The Morgan fingerprint density at radius 2 is 1.95 bits per heavy atom. The van der Waals surface area contributed by atoms with E-state index >= 15 is 0 Å². The maximum Gasteiger partial charge on any atom is 0.358 e. The second kappa shape index (κ2) is 4.50. The first-order valence-electron chi connectivity index (χ1n) is 5.31. The predicted molar refractivity (Wildman–Crippen MR) is 68.8 cm³/mol. The highest BCUT2D eigenvalue weighted by Gasteiger charge is 2.18. The Balaban J connectivity index is 2.82. The minimum atomic E-state index is -1.42. The molecule has 2 heterocycles. The van der Waals surface area contributed by atoms with Gasteiger partial charge in [-0.3, -0.25) is 4.79 Å². The molecule has 0 unspecified atom stereocenters. The fourth-order valence-electron chi connectivity index (χ4n) is 1.53. The monoisotopic (exact) mass is 278 g/mol. The first-order chi connectivity index (χ1) is 9.32. The van der Waals surface area contributed by atoms with Gasteiger partial charge in [0, 0.05) is 11.8 Å². The molecule has 0 aliphatic rings. The summed E-state index contributed by atoms with van der Waals surface area (Å²) in [5.41, 5.74) is 9.22. The highest BCUT2D eigenvalue weighted by atomic mass is 16.4. The van der Waals surface area contributed by atoms with Gasteiger partial charge in [0.1, 0.15) is 0 Å². The van der Waals surface area contributed by atoms with Crippen LogP contribution in [-0.2, 0) is 0 Å². The van der Waals surface area contributed by atoms with E-state index in [-0.39, 0.29) is 11.4 Å². The van der Waals surface area contributed by atoms with E-state index in [1.807, 2.05) is 0 Å². The third-order valence-electron chi connectivity index (χ3n) is 2.50. The number of hydrogen-bond acceptors (Lipinski definition) is 7. The molecule has 0 spiro atoms. The molecule has 0 aliphatic carbocycles. The second-order valence-corrected chi connectivity index (χ2v) is 3.89. The van der Waals surface area contributed by atoms with Crippen molar-refractivity contribution in [2.24, 2.45) is 0 Å². The molecule has 0 atom stereocenters. The summed E-state index contributed by atoms with van der Waals surface area (Å²) in [4.78, 5) is 44.0. The summed E-state index contributed by atoms with van der Waals surface area (Å²) in [5.74, 6) is -2.58. The minimum absolute atomic E-state index is 0.242. The van der Waals surface area contributed by atoms with E-state index in [1.165, 1.54) is 13.1 Å². The van der Waals surface area contributed by atoms with Crippen LogP contribution < -0.4 is 22.7 Å². The lowest BCUT2D eigenvalue weighted by Gasteiger charge is -2.08. The molecule has 0 saturated carbocycles. The van der Waals surface area contributed by atoms with Crippen LogP contribution in [0.5, 0.6) is 0 Å². The highest BCUT2D eigenvalue weighted by Crippen LogP contribution is 2.14. The SMILES string of the molecule is Cc1c[nH]c(=O)n(-c2nc(N)c(C(=O)O)nc2N)c1=O. The van der Waals surface area contributed by atoms with E-state index in [4.69, 9.17) is 16.6 Å². The number of carbonyl (C=O) groups is 1. The molecule has 2 rings (SSSR count). The maximum absolute atomic E-state index is 11.9. The van der Waals surface area contributed by atoms with Crippen LogP contribution in [0, 0.1) is 6.92 Å². The standard InChI is InChI=1S/C10H10N6O4/c1-3-2-13-10(20)16(8(3)17)7-6(12)14-4(9(18)19)5(11)15-7/h2H,1H3,(H2,11,15)(H2,12,14)(H,13,20)(H,18,19). The molecule has 0 saturated heterocycles. The van der Waals surface area contributed by atoms with Gasteiger partial charge >= 0.3 is 11.7 Å². The number of aromatic nitrogens is 4. The second-order valence-electron chi connectivity index (χ2n) is 3.89. The molecule has 2 aromatic rings. The largest absolute Gasteiger partial charge is 0.476 e. The summed E-state index contributed by atoms with van der Waals surface area (Å²) in [6, 6.07) is 0. The number of aromatic amines is 1. The molecule has 104 valence electrons. The van der Waals surface area contributed by atoms with Gasteiger partial charge in [-0.2, -0.15) is 0 Å². The number of carboxylic acid groups (broad SMARTS) is 1. The number of nitrogens with two attached hydrogens (primary N) is 2. The summed E-state index contributed by atoms with van der Waals surface area (Å²) < 4.78 is 0.639.